The Balaban J connectivity index is 1.80. The number of ether oxygens (including phenoxy) is 1. The van der Waals surface area contributed by atoms with Gasteiger partial charge in [-0.25, -0.2) is 0 Å². The molecule has 0 unspecified atom stereocenters. The molecule has 0 amide bonds. The highest BCUT2D eigenvalue weighted by atomic mass is 16.5. The molecule has 1 aliphatic rings. The minimum atomic E-state index is -0.000931. The number of likely N-dealkylation sites (N-methyl/N-ethyl adjacent to an activating group) is 1. The quantitative estimate of drug-likeness (QED) is 0.689. The number of hydrogen-bond acceptors (Lipinski definition) is 4. The van der Waals surface area contributed by atoms with E-state index in [2.05, 4.69) is 16.0 Å². The monoisotopic (exact) mass is 348 g/mol. The van der Waals surface area contributed by atoms with Gasteiger partial charge in [-0.1, -0.05) is 17.7 Å². The summed E-state index contributed by atoms with van der Waals surface area (Å²) in [7, 11) is 3.50. The SMILES string of the molecule is COc1cc(/C=C2\CN(C)c3c([nH]c4ccc(C)cc34)C2=O)ccc1O. The number of H-pyrrole nitrogens is 1. The average Bonchev–Trinajstić information content (AvgIpc) is 3.00. The normalized spacial score (nSPS) is 15.6. The number of rotatable bonds is 2. The predicted octanol–water partition coefficient (Wildman–Crippen LogP) is 3.91. The molecule has 0 atom stereocenters. The second-order valence-corrected chi connectivity index (χ2v) is 6.68. The molecule has 132 valence electrons. The van der Waals surface area contributed by atoms with Crippen molar-refractivity contribution in [2.24, 2.45) is 0 Å². The largest absolute Gasteiger partial charge is 0.504 e. The maximum absolute atomic E-state index is 13.0. The number of hydrogen-bond donors (Lipinski definition) is 2. The van der Waals surface area contributed by atoms with Gasteiger partial charge in [-0.15, -0.1) is 0 Å². The standard InChI is InChI=1S/C21H20N2O3/c1-12-4-6-16-15(8-12)20-19(22-16)21(25)14(11-23(20)2)9-13-5-7-17(24)18(10-13)26-3/h4-10,22,24H,11H2,1-3H3/b14-9+. The van der Waals surface area contributed by atoms with Gasteiger partial charge in [-0.3, -0.25) is 4.79 Å². The molecule has 5 heteroatoms. The van der Waals surface area contributed by atoms with E-state index in [1.165, 1.54) is 7.11 Å². The van der Waals surface area contributed by atoms with Gasteiger partial charge in [0.1, 0.15) is 5.69 Å². The van der Waals surface area contributed by atoms with Crippen LogP contribution in [0.25, 0.3) is 17.0 Å². The summed E-state index contributed by atoms with van der Waals surface area (Å²) < 4.78 is 5.15. The number of nitrogens with zero attached hydrogens (tertiary/aromatic N) is 1. The van der Waals surface area contributed by atoms with Crippen LogP contribution in [0, 0.1) is 6.92 Å². The van der Waals surface area contributed by atoms with Gasteiger partial charge in [-0.05, 0) is 42.8 Å². The number of nitrogens with one attached hydrogen (secondary N) is 1. The maximum atomic E-state index is 13.0. The number of aromatic nitrogens is 1. The van der Waals surface area contributed by atoms with Gasteiger partial charge in [0.05, 0.1) is 12.8 Å². The Hall–Kier alpha value is -3.21. The van der Waals surface area contributed by atoms with E-state index in [-0.39, 0.29) is 11.5 Å². The van der Waals surface area contributed by atoms with E-state index >= 15 is 0 Å². The molecule has 26 heavy (non-hydrogen) atoms. The Morgan fingerprint density at radius 3 is 2.81 bits per heavy atom. The van der Waals surface area contributed by atoms with Crippen molar-refractivity contribution in [3.8, 4) is 11.5 Å². The molecule has 2 heterocycles. The number of aromatic hydroxyl groups is 1. The van der Waals surface area contributed by atoms with Gasteiger partial charge >= 0.3 is 0 Å². The highest BCUT2D eigenvalue weighted by molar-refractivity contribution is 6.20. The molecule has 0 saturated carbocycles. The number of carbonyl (C=O) groups is 1. The molecule has 3 aromatic rings. The zero-order chi connectivity index (χ0) is 18.4. The van der Waals surface area contributed by atoms with Crippen LogP contribution in [-0.4, -0.2) is 36.6 Å². The summed E-state index contributed by atoms with van der Waals surface area (Å²) in [5.41, 5.74) is 5.21. The number of fused-ring (bicyclic) bond motifs is 3. The topological polar surface area (TPSA) is 65.6 Å². The molecular formula is C21H20N2O3. The van der Waals surface area contributed by atoms with Crippen molar-refractivity contribution in [1.82, 2.24) is 4.98 Å². The van der Waals surface area contributed by atoms with Crippen LogP contribution < -0.4 is 9.64 Å². The van der Waals surface area contributed by atoms with Crippen LogP contribution in [0.15, 0.2) is 42.0 Å². The summed E-state index contributed by atoms with van der Waals surface area (Å²) in [6.07, 6.45) is 1.85. The summed E-state index contributed by atoms with van der Waals surface area (Å²) in [6.45, 7) is 2.57. The number of anilines is 1. The molecular weight excluding hydrogens is 328 g/mol. The summed E-state index contributed by atoms with van der Waals surface area (Å²) >= 11 is 0. The van der Waals surface area contributed by atoms with E-state index in [1.54, 1.807) is 18.2 Å². The Morgan fingerprint density at radius 2 is 2.04 bits per heavy atom. The second kappa shape index (κ2) is 5.95. The number of ketones is 1. The smallest absolute Gasteiger partial charge is 0.209 e. The van der Waals surface area contributed by atoms with Crippen LogP contribution in [0.5, 0.6) is 11.5 Å². The highest BCUT2D eigenvalue weighted by Gasteiger charge is 2.29. The van der Waals surface area contributed by atoms with Crippen molar-refractivity contribution < 1.29 is 14.6 Å². The minimum absolute atomic E-state index is 0.000931. The van der Waals surface area contributed by atoms with Gasteiger partial charge in [0.15, 0.2) is 11.5 Å². The first kappa shape index (κ1) is 16.3. The number of benzene rings is 2. The van der Waals surface area contributed by atoms with Crippen LogP contribution in [-0.2, 0) is 0 Å². The van der Waals surface area contributed by atoms with Crippen molar-refractivity contribution in [3.05, 3.63) is 58.8 Å². The summed E-state index contributed by atoms with van der Waals surface area (Å²) in [4.78, 5) is 18.4. The van der Waals surface area contributed by atoms with Gasteiger partial charge in [0.2, 0.25) is 5.78 Å². The molecule has 0 bridgehead atoms. The number of aromatic amines is 1. The first-order chi connectivity index (χ1) is 12.5. The molecule has 0 aliphatic carbocycles. The molecule has 0 radical (unpaired) electrons. The molecule has 1 aromatic heterocycles. The van der Waals surface area contributed by atoms with Crippen molar-refractivity contribution in [1.29, 1.82) is 0 Å². The van der Waals surface area contributed by atoms with E-state index < -0.39 is 0 Å². The molecule has 0 saturated heterocycles. The van der Waals surface area contributed by atoms with Crippen LogP contribution >= 0.6 is 0 Å². The maximum Gasteiger partial charge on any atom is 0.209 e. The third-order valence-electron chi connectivity index (χ3n) is 4.78. The van der Waals surface area contributed by atoms with Gasteiger partial charge in [-0.2, -0.15) is 0 Å². The minimum Gasteiger partial charge on any atom is -0.504 e. The zero-order valence-electron chi connectivity index (χ0n) is 15.0. The third kappa shape index (κ3) is 2.52. The zero-order valence-corrected chi connectivity index (χ0v) is 15.0. The number of carbonyl (C=O) groups excluding carboxylic acids is 1. The fraction of sp³-hybridized carbons (Fsp3) is 0.190. The van der Waals surface area contributed by atoms with E-state index in [4.69, 9.17) is 4.74 Å². The summed E-state index contributed by atoms with van der Waals surface area (Å²) in [5.74, 6) is 0.465. The van der Waals surface area contributed by atoms with E-state index in [9.17, 15) is 9.90 Å². The first-order valence-corrected chi connectivity index (χ1v) is 8.43. The van der Waals surface area contributed by atoms with Crippen molar-refractivity contribution >= 4 is 28.4 Å². The number of methoxy groups -OCH3 is 1. The molecule has 1 aliphatic heterocycles. The highest BCUT2D eigenvalue weighted by Crippen LogP contribution is 2.37. The predicted molar refractivity (Wildman–Crippen MR) is 103 cm³/mol. The van der Waals surface area contributed by atoms with Gasteiger partial charge in [0, 0.05) is 30.1 Å². The lowest BCUT2D eigenvalue weighted by Gasteiger charge is -2.26. The Morgan fingerprint density at radius 1 is 1.23 bits per heavy atom. The van der Waals surface area contributed by atoms with Crippen molar-refractivity contribution in [2.75, 3.05) is 25.6 Å². The fourth-order valence-corrected chi connectivity index (χ4v) is 3.52. The Kier molecular flexibility index (Phi) is 3.72. The first-order valence-electron chi connectivity index (χ1n) is 8.43. The number of aryl methyl sites for hydroxylation is 1. The average molecular weight is 348 g/mol. The molecule has 4 rings (SSSR count). The summed E-state index contributed by atoms with van der Waals surface area (Å²) in [6, 6.07) is 11.2. The van der Waals surface area contributed by atoms with Crippen molar-refractivity contribution in [3.63, 3.8) is 0 Å². The molecule has 2 aromatic carbocycles. The van der Waals surface area contributed by atoms with Crippen LogP contribution in [0.4, 0.5) is 5.69 Å². The molecule has 0 spiro atoms. The van der Waals surface area contributed by atoms with Crippen LogP contribution in [0.3, 0.4) is 0 Å². The lowest BCUT2D eigenvalue weighted by Crippen LogP contribution is -2.30. The van der Waals surface area contributed by atoms with Crippen LogP contribution in [0.1, 0.15) is 21.6 Å². The van der Waals surface area contributed by atoms with Gasteiger partial charge in [0.25, 0.3) is 0 Å². The van der Waals surface area contributed by atoms with Gasteiger partial charge < -0.3 is 19.7 Å². The van der Waals surface area contributed by atoms with Crippen molar-refractivity contribution in [2.45, 2.75) is 6.92 Å². The number of phenolic OH excluding ortho intramolecular Hbond substituents is 1. The summed E-state index contributed by atoms with van der Waals surface area (Å²) in [5, 5.41) is 10.8. The Labute approximate surface area is 151 Å². The molecule has 0 fully saturated rings. The lowest BCUT2D eigenvalue weighted by molar-refractivity contribution is 0.102. The van der Waals surface area contributed by atoms with Crippen LogP contribution in [0.2, 0.25) is 0 Å². The number of Topliss-reactive ketones (excluding diaryl/α,β-unsaturated/α-hetero) is 1. The van der Waals surface area contributed by atoms with E-state index in [1.807, 2.05) is 32.2 Å². The lowest BCUT2D eigenvalue weighted by atomic mass is 9.98. The van der Waals surface area contributed by atoms with E-state index in [0.717, 1.165) is 27.7 Å². The number of phenols is 1. The fourth-order valence-electron chi connectivity index (χ4n) is 3.52. The van der Waals surface area contributed by atoms with E-state index in [0.29, 0.717) is 23.6 Å². The Bertz CT molecular complexity index is 1060. The second-order valence-electron chi connectivity index (χ2n) is 6.68. The molecule has 5 nitrogen and oxygen atoms in total. The third-order valence-corrected chi connectivity index (χ3v) is 4.78. The molecule has 2 N–H and O–H groups in total.